The number of aldehydes is 1. The first-order valence-corrected chi connectivity index (χ1v) is 5.84. The molecule has 0 atom stereocenters. The summed E-state index contributed by atoms with van der Waals surface area (Å²) in [7, 11) is 0. The number of fused-ring (bicyclic) bond motifs is 1. The highest BCUT2D eigenvalue weighted by molar-refractivity contribution is 6.33. The van der Waals surface area contributed by atoms with Gasteiger partial charge in [-0.2, -0.15) is 0 Å². The molecular formula is C14H9ClN2O. The third-order valence-corrected chi connectivity index (χ3v) is 3.09. The quantitative estimate of drug-likeness (QED) is 0.658. The molecule has 2 heterocycles. The molecule has 88 valence electrons. The minimum Gasteiger partial charge on any atom is -0.306 e. The third-order valence-electron chi connectivity index (χ3n) is 2.76. The van der Waals surface area contributed by atoms with Crippen LogP contribution in [0.5, 0.6) is 0 Å². The van der Waals surface area contributed by atoms with E-state index in [0.29, 0.717) is 10.6 Å². The van der Waals surface area contributed by atoms with Crippen molar-refractivity contribution in [3.05, 3.63) is 59.4 Å². The average Bonchev–Trinajstić information content (AvgIpc) is 2.81. The second kappa shape index (κ2) is 4.27. The number of imidazole rings is 1. The van der Waals surface area contributed by atoms with Gasteiger partial charge in [-0.3, -0.25) is 4.79 Å². The molecule has 0 unspecified atom stereocenters. The van der Waals surface area contributed by atoms with Crippen molar-refractivity contribution in [3.63, 3.8) is 0 Å². The van der Waals surface area contributed by atoms with Gasteiger partial charge in [0.25, 0.3) is 0 Å². The van der Waals surface area contributed by atoms with E-state index in [9.17, 15) is 4.79 Å². The highest BCUT2D eigenvalue weighted by Crippen LogP contribution is 2.26. The van der Waals surface area contributed by atoms with Crippen molar-refractivity contribution in [2.45, 2.75) is 0 Å². The Morgan fingerprint density at radius 2 is 1.94 bits per heavy atom. The molecule has 2 aromatic heterocycles. The van der Waals surface area contributed by atoms with E-state index in [0.717, 1.165) is 23.2 Å². The number of carbonyl (C=O) groups excluding carboxylic acids is 1. The molecule has 0 amide bonds. The zero-order chi connectivity index (χ0) is 12.5. The summed E-state index contributed by atoms with van der Waals surface area (Å²) in [6, 6.07) is 11.1. The Labute approximate surface area is 109 Å². The molecular weight excluding hydrogens is 248 g/mol. The highest BCUT2D eigenvalue weighted by Gasteiger charge is 2.07. The summed E-state index contributed by atoms with van der Waals surface area (Å²) in [5.41, 5.74) is 3.08. The van der Waals surface area contributed by atoms with Crippen molar-refractivity contribution in [1.82, 2.24) is 9.38 Å². The Hall–Kier alpha value is -2.13. The molecule has 0 aliphatic carbocycles. The summed E-state index contributed by atoms with van der Waals surface area (Å²) >= 11 is 6.14. The van der Waals surface area contributed by atoms with Gasteiger partial charge in [-0.05, 0) is 18.2 Å². The average molecular weight is 257 g/mol. The van der Waals surface area contributed by atoms with Crippen LogP contribution in [-0.2, 0) is 0 Å². The second-order valence-electron chi connectivity index (χ2n) is 3.95. The lowest BCUT2D eigenvalue weighted by Gasteiger charge is -1.97. The van der Waals surface area contributed by atoms with Gasteiger partial charge in [-0.15, -0.1) is 0 Å². The summed E-state index contributed by atoms with van der Waals surface area (Å²) in [5.74, 6) is 0. The summed E-state index contributed by atoms with van der Waals surface area (Å²) in [5, 5.41) is 0.663. The van der Waals surface area contributed by atoms with Crippen molar-refractivity contribution in [3.8, 4) is 11.3 Å². The third kappa shape index (κ3) is 1.79. The number of hydrogen-bond acceptors (Lipinski definition) is 2. The zero-order valence-corrected chi connectivity index (χ0v) is 10.1. The molecule has 3 rings (SSSR count). The normalized spacial score (nSPS) is 10.7. The Kier molecular flexibility index (Phi) is 2.61. The molecule has 3 nitrogen and oxygen atoms in total. The Morgan fingerprint density at radius 1 is 1.11 bits per heavy atom. The Bertz CT molecular complexity index is 733. The predicted molar refractivity (Wildman–Crippen MR) is 71.0 cm³/mol. The number of nitrogens with zero attached hydrogens (tertiary/aromatic N) is 2. The molecule has 0 spiro atoms. The smallest absolute Gasteiger partial charge is 0.151 e. The number of rotatable bonds is 2. The van der Waals surface area contributed by atoms with Crippen molar-refractivity contribution >= 4 is 23.5 Å². The van der Waals surface area contributed by atoms with Crippen LogP contribution in [0.1, 0.15) is 10.4 Å². The maximum Gasteiger partial charge on any atom is 0.151 e. The van der Waals surface area contributed by atoms with E-state index >= 15 is 0 Å². The molecule has 18 heavy (non-hydrogen) atoms. The van der Waals surface area contributed by atoms with Crippen LogP contribution >= 0.6 is 11.6 Å². The number of pyridine rings is 1. The first-order valence-electron chi connectivity index (χ1n) is 5.47. The molecule has 0 aliphatic rings. The fourth-order valence-electron chi connectivity index (χ4n) is 1.88. The summed E-state index contributed by atoms with van der Waals surface area (Å²) < 4.78 is 1.82. The molecule has 3 aromatic rings. The molecule has 0 saturated heterocycles. The van der Waals surface area contributed by atoms with Gasteiger partial charge >= 0.3 is 0 Å². The molecule has 0 fully saturated rings. The SMILES string of the molecule is O=Cc1ccc2nc(-c3ccccc3Cl)cn2c1. The van der Waals surface area contributed by atoms with E-state index in [1.807, 2.05) is 40.9 Å². The van der Waals surface area contributed by atoms with Crippen LogP contribution in [0.2, 0.25) is 5.02 Å². The number of aromatic nitrogens is 2. The van der Waals surface area contributed by atoms with E-state index in [1.165, 1.54) is 0 Å². The minimum atomic E-state index is 0.616. The Balaban J connectivity index is 2.19. The van der Waals surface area contributed by atoms with Gasteiger partial charge in [-0.25, -0.2) is 4.98 Å². The van der Waals surface area contributed by atoms with Crippen LogP contribution < -0.4 is 0 Å². The first kappa shape index (κ1) is 11.0. The number of carbonyl (C=O) groups is 1. The van der Waals surface area contributed by atoms with Gasteiger partial charge in [0.2, 0.25) is 0 Å². The summed E-state index contributed by atoms with van der Waals surface area (Å²) in [4.78, 5) is 15.2. The summed E-state index contributed by atoms with van der Waals surface area (Å²) in [6.07, 6.45) is 4.42. The Morgan fingerprint density at radius 3 is 2.72 bits per heavy atom. The first-order chi connectivity index (χ1) is 8.78. The lowest BCUT2D eigenvalue weighted by atomic mass is 10.2. The van der Waals surface area contributed by atoms with Crippen LogP contribution in [0.25, 0.3) is 16.9 Å². The summed E-state index contributed by atoms with van der Waals surface area (Å²) in [6.45, 7) is 0. The van der Waals surface area contributed by atoms with Gasteiger partial charge in [0.1, 0.15) is 5.65 Å². The van der Waals surface area contributed by atoms with E-state index < -0.39 is 0 Å². The molecule has 0 N–H and O–H groups in total. The van der Waals surface area contributed by atoms with Crippen molar-refractivity contribution in [1.29, 1.82) is 0 Å². The fourth-order valence-corrected chi connectivity index (χ4v) is 2.11. The minimum absolute atomic E-state index is 0.616. The number of halogens is 1. The lowest BCUT2D eigenvalue weighted by Crippen LogP contribution is -1.86. The fraction of sp³-hybridized carbons (Fsp3) is 0. The van der Waals surface area contributed by atoms with E-state index in [2.05, 4.69) is 4.98 Å². The van der Waals surface area contributed by atoms with Crippen LogP contribution in [0.3, 0.4) is 0 Å². The van der Waals surface area contributed by atoms with E-state index in [1.54, 1.807) is 12.3 Å². The topological polar surface area (TPSA) is 34.4 Å². The molecule has 4 heteroatoms. The van der Waals surface area contributed by atoms with Gasteiger partial charge in [0.05, 0.1) is 10.7 Å². The molecule has 0 aliphatic heterocycles. The predicted octanol–water partition coefficient (Wildman–Crippen LogP) is 3.47. The van der Waals surface area contributed by atoms with Crippen LogP contribution in [0.15, 0.2) is 48.8 Å². The van der Waals surface area contributed by atoms with Crippen molar-refractivity contribution in [2.75, 3.05) is 0 Å². The maximum absolute atomic E-state index is 10.7. The van der Waals surface area contributed by atoms with Crippen LogP contribution in [0, 0.1) is 0 Å². The molecule has 1 aromatic carbocycles. The highest BCUT2D eigenvalue weighted by atomic mass is 35.5. The van der Waals surface area contributed by atoms with Gasteiger partial charge < -0.3 is 4.40 Å². The molecule has 0 saturated carbocycles. The van der Waals surface area contributed by atoms with Crippen molar-refractivity contribution in [2.24, 2.45) is 0 Å². The van der Waals surface area contributed by atoms with E-state index in [-0.39, 0.29) is 0 Å². The number of benzene rings is 1. The molecule has 0 radical (unpaired) electrons. The largest absolute Gasteiger partial charge is 0.306 e. The zero-order valence-electron chi connectivity index (χ0n) is 9.38. The number of hydrogen-bond donors (Lipinski definition) is 0. The maximum atomic E-state index is 10.7. The van der Waals surface area contributed by atoms with Crippen LogP contribution in [-0.4, -0.2) is 15.7 Å². The van der Waals surface area contributed by atoms with Crippen molar-refractivity contribution < 1.29 is 4.79 Å². The molecule has 0 bridgehead atoms. The monoisotopic (exact) mass is 256 g/mol. The van der Waals surface area contributed by atoms with Gasteiger partial charge in [-0.1, -0.05) is 29.8 Å². The van der Waals surface area contributed by atoms with Gasteiger partial charge in [0.15, 0.2) is 6.29 Å². The standard InChI is InChI=1S/C14H9ClN2O/c15-12-4-2-1-3-11(12)13-8-17-7-10(9-18)5-6-14(17)16-13/h1-9H. The van der Waals surface area contributed by atoms with Gasteiger partial charge in [0, 0.05) is 23.5 Å². The second-order valence-corrected chi connectivity index (χ2v) is 4.36. The van der Waals surface area contributed by atoms with Crippen LogP contribution in [0.4, 0.5) is 0 Å². The lowest BCUT2D eigenvalue weighted by molar-refractivity contribution is 0.112. The van der Waals surface area contributed by atoms with E-state index in [4.69, 9.17) is 11.6 Å².